The first kappa shape index (κ1) is 16.7. The Morgan fingerprint density at radius 1 is 1.30 bits per heavy atom. The van der Waals surface area contributed by atoms with E-state index in [0.29, 0.717) is 17.7 Å². The quantitative estimate of drug-likeness (QED) is 0.706. The number of ether oxygens (including phenoxy) is 2. The highest BCUT2D eigenvalue weighted by Crippen LogP contribution is 2.24. The third kappa shape index (κ3) is 4.65. The van der Waals surface area contributed by atoms with Crippen molar-refractivity contribution < 1.29 is 19.0 Å². The molecule has 1 heterocycles. The van der Waals surface area contributed by atoms with Crippen LogP contribution in [-0.4, -0.2) is 19.3 Å². The fourth-order valence-electron chi connectivity index (χ4n) is 2.04. The zero-order valence-corrected chi connectivity index (χ0v) is 12.5. The SMILES string of the molecule is CCCCCCC(O)c1cc(OC)c(COC)c(=O)o1. The molecule has 5 nitrogen and oxygen atoms in total. The zero-order chi connectivity index (χ0) is 15.0. The van der Waals surface area contributed by atoms with Gasteiger partial charge in [0.1, 0.15) is 23.2 Å². The minimum atomic E-state index is -0.773. The van der Waals surface area contributed by atoms with E-state index in [1.165, 1.54) is 14.2 Å². The summed E-state index contributed by atoms with van der Waals surface area (Å²) in [5.74, 6) is 0.647. The lowest BCUT2D eigenvalue weighted by Gasteiger charge is -2.12. The second-order valence-corrected chi connectivity index (χ2v) is 4.78. The summed E-state index contributed by atoms with van der Waals surface area (Å²) in [5.41, 5.74) is -0.189. The number of methoxy groups -OCH3 is 2. The fraction of sp³-hybridized carbons (Fsp3) is 0.667. The summed E-state index contributed by atoms with van der Waals surface area (Å²) in [6.07, 6.45) is 4.06. The molecule has 5 heteroatoms. The maximum atomic E-state index is 11.9. The number of aliphatic hydroxyl groups excluding tert-OH is 1. The Morgan fingerprint density at radius 2 is 2.05 bits per heavy atom. The van der Waals surface area contributed by atoms with Crippen molar-refractivity contribution >= 4 is 0 Å². The summed E-state index contributed by atoms with van der Waals surface area (Å²) in [7, 11) is 2.97. The van der Waals surface area contributed by atoms with E-state index in [2.05, 4.69) is 6.92 Å². The molecule has 1 unspecified atom stereocenters. The number of aliphatic hydroxyl groups is 1. The van der Waals surface area contributed by atoms with Crippen LogP contribution in [0.15, 0.2) is 15.3 Å². The third-order valence-electron chi connectivity index (χ3n) is 3.20. The van der Waals surface area contributed by atoms with Gasteiger partial charge in [-0.25, -0.2) is 4.79 Å². The highest BCUT2D eigenvalue weighted by atomic mass is 16.5. The summed E-state index contributed by atoms with van der Waals surface area (Å²) in [6, 6.07) is 1.57. The van der Waals surface area contributed by atoms with Crippen LogP contribution in [0.5, 0.6) is 5.75 Å². The monoisotopic (exact) mass is 284 g/mol. The summed E-state index contributed by atoms with van der Waals surface area (Å²) < 4.78 is 15.3. The zero-order valence-electron chi connectivity index (χ0n) is 12.5. The van der Waals surface area contributed by atoms with Crippen molar-refractivity contribution in [3.63, 3.8) is 0 Å². The summed E-state index contributed by atoms with van der Waals surface area (Å²) >= 11 is 0. The molecule has 0 fully saturated rings. The molecular weight excluding hydrogens is 260 g/mol. The van der Waals surface area contributed by atoms with Crippen molar-refractivity contribution in [2.75, 3.05) is 14.2 Å². The Kier molecular flexibility index (Phi) is 7.33. The highest BCUT2D eigenvalue weighted by Gasteiger charge is 2.17. The minimum absolute atomic E-state index is 0.123. The van der Waals surface area contributed by atoms with Crippen molar-refractivity contribution in [1.82, 2.24) is 0 Å². The molecule has 1 aromatic rings. The number of rotatable bonds is 9. The second kappa shape index (κ2) is 8.76. The molecule has 0 amide bonds. The molecule has 1 aromatic heterocycles. The highest BCUT2D eigenvalue weighted by molar-refractivity contribution is 5.31. The van der Waals surface area contributed by atoms with Gasteiger partial charge in [-0.15, -0.1) is 0 Å². The van der Waals surface area contributed by atoms with Crippen LogP contribution in [0, 0.1) is 0 Å². The first-order valence-electron chi connectivity index (χ1n) is 7.01. The largest absolute Gasteiger partial charge is 0.496 e. The van der Waals surface area contributed by atoms with Crippen LogP contribution in [0.25, 0.3) is 0 Å². The molecule has 114 valence electrons. The molecule has 0 saturated carbocycles. The summed E-state index contributed by atoms with van der Waals surface area (Å²) in [4.78, 5) is 11.9. The van der Waals surface area contributed by atoms with Gasteiger partial charge in [-0.1, -0.05) is 32.6 Å². The minimum Gasteiger partial charge on any atom is -0.496 e. The van der Waals surface area contributed by atoms with E-state index in [1.807, 2.05) is 0 Å². The van der Waals surface area contributed by atoms with Gasteiger partial charge in [-0.05, 0) is 6.42 Å². The van der Waals surface area contributed by atoms with Crippen molar-refractivity contribution in [2.45, 2.75) is 51.7 Å². The van der Waals surface area contributed by atoms with Crippen LogP contribution in [-0.2, 0) is 11.3 Å². The van der Waals surface area contributed by atoms with Crippen molar-refractivity contribution in [1.29, 1.82) is 0 Å². The molecule has 0 aliphatic rings. The topological polar surface area (TPSA) is 68.9 Å². The molecule has 1 N–H and O–H groups in total. The molecule has 20 heavy (non-hydrogen) atoms. The number of hydrogen-bond acceptors (Lipinski definition) is 5. The van der Waals surface area contributed by atoms with E-state index in [-0.39, 0.29) is 12.4 Å². The Labute approximate surface area is 119 Å². The lowest BCUT2D eigenvalue weighted by molar-refractivity contribution is 0.128. The van der Waals surface area contributed by atoms with E-state index in [4.69, 9.17) is 13.9 Å². The molecular formula is C15H24O5. The molecule has 0 bridgehead atoms. The molecule has 0 aromatic carbocycles. The molecule has 0 spiro atoms. The van der Waals surface area contributed by atoms with Gasteiger partial charge in [0.2, 0.25) is 0 Å². The van der Waals surface area contributed by atoms with E-state index in [1.54, 1.807) is 6.07 Å². The predicted molar refractivity (Wildman–Crippen MR) is 76.0 cm³/mol. The van der Waals surface area contributed by atoms with Crippen LogP contribution < -0.4 is 10.4 Å². The fourth-order valence-corrected chi connectivity index (χ4v) is 2.04. The van der Waals surface area contributed by atoms with Gasteiger partial charge in [0.15, 0.2) is 0 Å². The first-order valence-corrected chi connectivity index (χ1v) is 7.01. The van der Waals surface area contributed by atoms with Crippen molar-refractivity contribution in [3.8, 4) is 5.75 Å². The van der Waals surface area contributed by atoms with Gasteiger partial charge < -0.3 is 19.0 Å². The van der Waals surface area contributed by atoms with E-state index < -0.39 is 11.7 Å². The molecule has 0 radical (unpaired) electrons. The van der Waals surface area contributed by atoms with Gasteiger partial charge in [-0.2, -0.15) is 0 Å². The van der Waals surface area contributed by atoms with E-state index in [0.717, 1.165) is 25.7 Å². The van der Waals surface area contributed by atoms with Gasteiger partial charge in [0.05, 0.1) is 13.7 Å². The number of hydrogen-bond donors (Lipinski definition) is 1. The van der Waals surface area contributed by atoms with Gasteiger partial charge in [0.25, 0.3) is 0 Å². The van der Waals surface area contributed by atoms with Gasteiger partial charge >= 0.3 is 5.63 Å². The van der Waals surface area contributed by atoms with Crippen LogP contribution >= 0.6 is 0 Å². The number of unbranched alkanes of at least 4 members (excludes halogenated alkanes) is 3. The molecule has 0 aliphatic heterocycles. The van der Waals surface area contributed by atoms with Gasteiger partial charge in [-0.3, -0.25) is 0 Å². The summed E-state index contributed by atoms with van der Waals surface area (Å²) in [5, 5.41) is 10.1. The Morgan fingerprint density at radius 3 is 2.65 bits per heavy atom. The van der Waals surface area contributed by atoms with Crippen LogP contribution in [0.3, 0.4) is 0 Å². The van der Waals surface area contributed by atoms with Gasteiger partial charge in [0, 0.05) is 13.2 Å². The molecule has 0 saturated heterocycles. The Hall–Kier alpha value is -1.33. The standard InChI is InChI=1S/C15H24O5/c1-4-5-6-7-8-12(16)14-9-13(19-3)11(10-18-2)15(17)20-14/h9,12,16H,4-8,10H2,1-3H3. The molecule has 1 rings (SSSR count). The average molecular weight is 284 g/mol. The lowest BCUT2D eigenvalue weighted by Crippen LogP contribution is -2.13. The van der Waals surface area contributed by atoms with Crippen molar-refractivity contribution in [2.24, 2.45) is 0 Å². The Bertz CT molecular complexity index is 452. The van der Waals surface area contributed by atoms with Crippen LogP contribution in [0.1, 0.15) is 56.5 Å². The lowest BCUT2D eigenvalue weighted by atomic mass is 10.1. The maximum Gasteiger partial charge on any atom is 0.345 e. The normalized spacial score (nSPS) is 12.4. The predicted octanol–water partition coefficient (Wildman–Crippen LogP) is 2.80. The van der Waals surface area contributed by atoms with Crippen molar-refractivity contribution in [3.05, 3.63) is 27.8 Å². The van der Waals surface area contributed by atoms with Crippen LogP contribution in [0.2, 0.25) is 0 Å². The Balaban J connectivity index is 2.80. The van der Waals surface area contributed by atoms with E-state index in [9.17, 15) is 9.90 Å². The third-order valence-corrected chi connectivity index (χ3v) is 3.20. The van der Waals surface area contributed by atoms with E-state index >= 15 is 0 Å². The average Bonchev–Trinajstić information content (AvgIpc) is 2.45. The second-order valence-electron chi connectivity index (χ2n) is 4.78. The van der Waals surface area contributed by atoms with Crippen LogP contribution in [0.4, 0.5) is 0 Å². The maximum absolute atomic E-state index is 11.9. The molecule has 0 aliphatic carbocycles. The smallest absolute Gasteiger partial charge is 0.345 e. The summed E-state index contributed by atoms with van der Waals surface area (Å²) in [6.45, 7) is 2.26. The molecule has 1 atom stereocenters. The first-order chi connectivity index (χ1) is 9.63.